The molecule has 1 aromatic carbocycles. The summed E-state index contributed by atoms with van der Waals surface area (Å²) in [6.07, 6.45) is 13.2. The first kappa shape index (κ1) is 27.2. The molecule has 0 amide bonds. The maximum Gasteiger partial charge on any atom is 0.188 e. The molecule has 2 bridgehead atoms. The standard InChI is InChI=1S/C31H42N6O3/c1-30-13-7-14-31(2,35-30)18-24(17-30)36(3)28-12-11-26(33-34-28)25-10-9-22(16-27(25)40-21-38-4)23-19-32-37(20-23)29-8-5-6-15-39-29/h9-12,16,19-20,24,29,35H,5-8,13-15,17-18,21H2,1-4H3/t24-,29?,30-,31+. The van der Waals surface area contributed by atoms with Crippen molar-refractivity contribution in [2.45, 2.75) is 88.6 Å². The average molecular weight is 547 g/mol. The third kappa shape index (κ3) is 5.60. The van der Waals surface area contributed by atoms with Gasteiger partial charge < -0.3 is 24.4 Å². The topological polar surface area (TPSA) is 86.6 Å². The number of methoxy groups -OCH3 is 1. The second-order valence-electron chi connectivity index (χ2n) is 12.3. The second kappa shape index (κ2) is 11.1. The molecule has 40 heavy (non-hydrogen) atoms. The summed E-state index contributed by atoms with van der Waals surface area (Å²) in [5.41, 5.74) is 4.04. The van der Waals surface area contributed by atoms with Crippen LogP contribution in [0.15, 0.2) is 42.7 Å². The van der Waals surface area contributed by atoms with Crippen molar-refractivity contribution in [3.63, 3.8) is 0 Å². The Morgan fingerprint density at radius 2 is 1.88 bits per heavy atom. The lowest BCUT2D eigenvalue weighted by Crippen LogP contribution is -2.66. The van der Waals surface area contributed by atoms with Gasteiger partial charge in [-0.3, -0.25) is 0 Å². The van der Waals surface area contributed by atoms with E-state index in [9.17, 15) is 0 Å². The largest absolute Gasteiger partial charge is 0.467 e. The second-order valence-corrected chi connectivity index (χ2v) is 12.3. The van der Waals surface area contributed by atoms with Crippen LogP contribution in [0.3, 0.4) is 0 Å². The van der Waals surface area contributed by atoms with Gasteiger partial charge in [-0.25, -0.2) is 4.68 Å². The lowest BCUT2D eigenvalue weighted by atomic mass is 9.69. The number of rotatable bonds is 8. The van der Waals surface area contributed by atoms with Crippen molar-refractivity contribution in [1.82, 2.24) is 25.3 Å². The van der Waals surface area contributed by atoms with E-state index < -0.39 is 0 Å². The van der Waals surface area contributed by atoms with Crippen LogP contribution in [0.2, 0.25) is 0 Å². The highest BCUT2D eigenvalue weighted by atomic mass is 16.7. The van der Waals surface area contributed by atoms with Gasteiger partial charge in [0.1, 0.15) is 12.0 Å². The molecule has 214 valence electrons. The Labute approximate surface area is 237 Å². The van der Waals surface area contributed by atoms with E-state index >= 15 is 0 Å². The van der Waals surface area contributed by atoms with E-state index in [0.29, 0.717) is 11.8 Å². The summed E-state index contributed by atoms with van der Waals surface area (Å²) in [7, 11) is 3.78. The zero-order chi connectivity index (χ0) is 27.7. The van der Waals surface area contributed by atoms with Crippen LogP contribution < -0.4 is 15.0 Å². The first-order valence-corrected chi connectivity index (χ1v) is 14.6. The van der Waals surface area contributed by atoms with Crippen molar-refractivity contribution in [1.29, 1.82) is 0 Å². The Hall–Kier alpha value is -3.01. The summed E-state index contributed by atoms with van der Waals surface area (Å²) in [5.74, 6) is 1.60. The maximum atomic E-state index is 6.00. The Morgan fingerprint density at radius 3 is 2.58 bits per heavy atom. The summed E-state index contributed by atoms with van der Waals surface area (Å²) < 4.78 is 19.1. The van der Waals surface area contributed by atoms with E-state index in [0.717, 1.165) is 66.9 Å². The molecule has 5 heterocycles. The number of hydrogen-bond acceptors (Lipinski definition) is 8. The number of nitrogens with zero attached hydrogens (tertiary/aromatic N) is 5. The van der Waals surface area contributed by atoms with Crippen LogP contribution >= 0.6 is 0 Å². The lowest BCUT2D eigenvalue weighted by molar-refractivity contribution is -0.0394. The van der Waals surface area contributed by atoms with Gasteiger partial charge in [0.05, 0.1) is 11.9 Å². The molecule has 1 unspecified atom stereocenters. The van der Waals surface area contributed by atoms with Crippen LogP contribution in [0.25, 0.3) is 22.4 Å². The fraction of sp³-hybridized carbons (Fsp3) is 0.581. The normalized spacial score (nSPS) is 28.3. The van der Waals surface area contributed by atoms with Gasteiger partial charge in [0.15, 0.2) is 12.6 Å². The van der Waals surface area contributed by atoms with E-state index in [2.05, 4.69) is 58.5 Å². The highest BCUT2D eigenvalue weighted by Gasteiger charge is 2.46. The van der Waals surface area contributed by atoms with Crippen LogP contribution in [-0.4, -0.2) is 64.7 Å². The van der Waals surface area contributed by atoms with Crippen molar-refractivity contribution < 1.29 is 14.2 Å². The van der Waals surface area contributed by atoms with E-state index in [4.69, 9.17) is 14.2 Å². The third-order valence-corrected chi connectivity index (χ3v) is 8.97. The van der Waals surface area contributed by atoms with Crippen LogP contribution in [-0.2, 0) is 9.47 Å². The van der Waals surface area contributed by atoms with E-state index in [-0.39, 0.29) is 24.1 Å². The molecular formula is C31H42N6O3. The first-order chi connectivity index (χ1) is 19.3. The highest BCUT2D eigenvalue weighted by Crippen LogP contribution is 2.42. The fourth-order valence-corrected chi connectivity index (χ4v) is 6.99. The number of aromatic nitrogens is 4. The van der Waals surface area contributed by atoms with E-state index in [1.54, 1.807) is 7.11 Å². The smallest absolute Gasteiger partial charge is 0.188 e. The molecule has 3 aromatic rings. The van der Waals surface area contributed by atoms with Crippen LogP contribution in [0.1, 0.15) is 71.4 Å². The molecule has 0 radical (unpaired) electrons. The quantitative estimate of drug-likeness (QED) is 0.367. The number of ether oxygens (including phenoxy) is 3. The molecule has 2 aromatic heterocycles. The van der Waals surface area contributed by atoms with E-state index in [1.807, 2.05) is 35.3 Å². The molecule has 0 saturated carbocycles. The number of fused-ring (bicyclic) bond motifs is 2. The van der Waals surface area contributed by atoms with Gasteiger partial charge in [-0.1, -0.05) is 6.07 Å². The average Bonchev–Trinajstić information content (AvgIpc) is 3.46. The summed E-state index contributed by atoms with van der Waals surface area (Å²) >= 11 is 0. The molecule has 9 nitrogen and oxygen atoms in total. The van der Waals surface area contributed by atoms with Crippen molar-refractivity contribution in [2.75, 3.05) is 32.5 Å². The number of hydrogen-bond donors (Lipinski definition) is 1. The summed E-state index contributed by atoms with van der Waals surface area (Å²) in [6, 6.07) is 10.7. The molecule has 1 N–H and O–H groups in total. The van der Waals surface area contributed by atoms with Gasteiger partial charge >= 0.3 is 0 Å². The van der Waals surface area contributed by atoms with E-state index in [1.165, 1.54) is 19.3 Å². The van der Waals surface area contributed by atoms with Gasteiger partial charge in [-0.15, -0.1) is 10.2 Å². The predicted octanol–water partition coefficient (Wildman–Crippen LogP) is 5.58. The SMILES string of the molecule is COCOc1cc(-c2cnn(C3CCCCO3)c2)ccc1-c1ccc(N(C)[C@H]2C[C@]3(C)CCC[C@](C)(C2)N3)nn1. The summed E-state index contributed by atoms with van der Waals surface area (Å²) in [4.78, 5) is 2.32. The predicted molar refractivity (Wildman–Crippen MR) is 155 cm³/mol. The maximum absolute atomic E-state index is 6.00. The molecule has 4 atom stereocenters. The van der Waals surface area contributed by atoms with Gasteiger partial charge in [-0.05, 0) is 95.0 Å². The molecular weight excluding hydrogens is 504 g/mol. The molecule has 3 aliphatic rings. The van der Waals surface area contributed by atoms with Crippen molar-refractivity contribution in [3.05, 3.63) is 42.7 Å². The first-order valence-electron chi connectivity index (χ1n) is 14.6. The number of nitrogens with one attached hydrogen (secondary N) is 1. The fourth-order valence-electron chi connectivity index (χ4n) is 6.99. The number of anilines is 1. The molecule has 0 spiro atoms. The monoisotopic (exact) mass is 546 g/mol. The molecule has 3 aliphatic heterocycles. The lowest BCUT2D eigenvalue weighted by Gasteiger charge is -2.55. The summed E-state index contributed by atoms with van der Waals surface area (Å²) in [6.45, 7) is 5.68. The van der Waals surface area contributed by atoms with Gasteiger partial charge in [-0.2, -0.15) is 5.10 Å². The zero-order valence-electron chi connectivity index (χ0n) is 24.2. The minimum atomic E-state index is 0.00750. The molecule has 0 aliphatic carbocycles. The van der Waals surface area contributed by atoms with Gasteiger partial charge in [0.25, 0.3) is 0 Å². The van der Waals surface area contributed by atoms with Gasteiger partial charge in [0, 0.05) is 55.2 Å². The highest BCUT2D eigenvalue weighted by molar-refractivity contribution is 5.74. The molecule has 3 saturated heterocycles. The Balaban J connectivity index is 1.22. The van der Waals surface area contributed by atoms with Crippen LogP contribution in [0, 0.1) is 0 Å². The zero-order valence-corrected chi connectivity index (χ0v) is 24.2. The Kier molecular flexibility index (Phi) is 7.54. The van der Waals surface area contributed by atoms with Crippen LogP contribution in [0.4, 0.5) is 5.82 Å². The van der Waals surface area contributed by atoms with Crippen molar-refractivity contribution in [2.24, 2.45) is 0 Å². The Morgan fingerprint density at radius 1 is 1.05 bits per heavy atom. The minimum Gasteiger partial charge on any atom is -0.467 e. The minimum absolute atomic E-state index is 0.00750. The van der Waals surface area contributed by atoms with Crippen molar-refractivity contribution in [3.8, 4) is 28.1 Å². The Bertz CT molecular complexity index is 1290. The number of benzene rings is 1. The summed E-state index contributed by atoms with van der Waals surface area (Å²) in [5, 5.41) is 17.8. The third-order valence-electron chi connectivity index (χ3n) is 8.97. The molecule has 6 rings (SSSR count). The van der Waals surface area contributed by atoms with Crippen molar-refractivity contribution >= 4 is 5.82 Å². The molecule has 3 fully saturated rings. The number of piperidine rings is 2. The molecule has 9 heteroatoms. The van der Waals surface area contributed by atoms with Crippen LogP contribution in [0.5, 0.6) is 5.75 Å². The van der Waals surface area contributed by atoms with Gasteiger partial charge in [0.2, 0.25) is 0 Å².